The van der Waals surface area contributed by atoms with Crippen LogP contribution in [0.4, 0.5) is 0 Å². The number of rotatable bonds is 8. The number of ether oxygens (including phenoxy) is 1. The minimum Gasteiger partial charge on any atom is -0.469 e. The van der Waals surface area contributed by atoms with Crippen molar-refractivity contribution in [3.8, 4) is 0 Å². The number of unbranched alkanes of at least 4 members (excludes halogenated alkanes) is 2. The van der Waals surface area contributed by atoms with Crippen LogP contribution in [-0.4, -0.2) is 25.2 Å². The summed E-state index contributed by atoms with van der Waals surface area (Å²) in [5.74, 6) is -0.223. The number of carbonyl (C=O) groups excluding carboxylic acids is 1. The zero-order valence-electron chi connectivity index (χ0n) is 11.4. The van der Waals surface area contributed by atoms with E-state index in [1.807, 2.05) is 13.8 Å². The highest BCUT2D eigenvalue weighted by Crippen LogP contribution is 2.08. The van der Waals surface area contributed by atoms with Crippen LogP contribution in [0.3, 0.4) is 0 Å². The minimum atomic E-state index is -0.138. The summed E-state index contributed by atoms with van der Waals surface area (Å²) in [6.07, 6.45) is 4.96. The lowest BCUT2D eigenvalue weighted by Crippen LogP contribution is -2.41. The summed E-state index contributed by atoms with van der Waals surface area (Å²) in [7, 11) is 1.44. The van der Waals surface area contributed by atoms with Gasteiger partial charge >= 0.3 is 5.97 Å². The number of hydrogen-bond donors (Lipinski definition) is 1. The van der Waals surface area contributed by atoms with Crippen LogP contribution in [0.5, 0.6) is 0 Å². The fraction of sp³-hybridized carbons (Fsp3) is 0.923. The van der Waals surface area contributed by atoms with Gasteiger partial charge in [0.15, 0.2) is 0 Å². The van der Waals surface area contributed by atoms with Gasteiger partial charge in [-0.3, -0.25) is 4.79 Å². The van der Waals surface area contributed by atoms with Crippen molar-refractivity contribution in [2.24, 2.45) is 5.92 Å². The highest BCUT2D eigenvalue weighted by Gasteiger charge is 2.21. The predicted octanol–water partition coefficient (Wildman–Crippen LogP) is 2.74. The molecular formula is C13H27NO2. The molecule has 3 atom stereocenters. The molecule has 96 valence electrons. The Balaban J connectivity index is 3.84. The standard InChI is InChI=1S/C13H27NO2/c1-6-7-8-9-10(2)14-12(4)11(3)13(15)16-5/h10-12,14H,6-9H2,1-5H3. The SMILES string of the molecule is CCCCCC(C)NC(C)C(C)C(=O)OC. The molecule has 0 aliphatic heterocycles. The number of carbonyl (C=O) groups is 1. The van der Waals surface area contributed by atoms with E-state index in [9.17, 15) is 4.79 Å². The Kier molecular flexibility index (Phi) is 8.26. The van der Waals surface area contributed by atoms with Crippen LogP contribution in [0.15, 0.2) is 0 Å². The van der Waals surface area contributed by atoms with Crippen molar-refractivity contribution in [2.45, 2.75) is 65.5 Å². The normalized spacial score (nSPS) is 16.6. The zero-order valence-corrected chi connectivity index (χ0v) is 11.4. The highest BCUT2D eigenvalue weighted by atomic mass is 16.5. The molecule has 0 saturated heterocycles. The van der Waals surface area contributed by atoms with Crippen LogP contribution in [0.25, 0.3) is 0 Å². The number of nitrogens with one attached hydrogen (secondary N) is 1. The van der Waals surface area contributed by atoms with Gasteiger partial charge in [0.1, 0.15) is 0 Å². The molecule has 3 unspecified atom stereocenters. The Morgan fingerprint density at radius 2 is 1.88 bits per heavy atom. The van der Waals surface area contributed by atoms with E-state index in [2.05, 4.69) is 19.2 Å². The molecule has 0 bridgehead atoms. The zero-order chi connectivity index (χ0) is 12.6. The average Bonchev–Trinajstić information content (AvgIpc) is 2.27. The van der Waals surface area contributed by atoms with Crippen LogP contribution in [0.2, 0.25) is 0 Å². The molecular weight excluding hydrogens is 202 g/mol. The summed E-state index contributed by atoms with van der Waals surface area (Å²) in [5, 5.41) is 3.45. The van der Waals surface area contributed by atoms with Gasteiger partial charge in [-0.15, -0.1) is 0 Å². The Hall–Kier alpha value is -0.570. The van der Waals surface area contributed by atoms with E-state index in [1.54, 1.807) is 0 Å². The van der Waals surface area contributed by atoms with Crippen LogP contribution in [0.1, 0.15) is 53.4 Å². The Morgan fingerprint density at radius 1 is 1.25 bits per heavy atom. The highest BCUT2D eigenvalue weighted by molar-refractivity contribution is 5.72. The maximum absolute atomic E-state index is 11.3. The van der Waals surface area contributed by atoms with E-state index in [-0.39, 0.29) is 17.9 Å². The van der Waals surface area contributed by atoms with E-state index < -0.39 is 0 Å². The molecule has 1 N–H and O–H groups in total. The largest absolute Gasteiger partial charge is 0.469 e. The first kappa shape index (κ1) is 15.4. The van der Waals surface area contributed by atoms with Gasteiger partial charge in [-0.25, -0.2) is 0 Å². The van der Waals surface area contributed by atoms with Gasteiger partial charge in [0.2, 0.25) is 0 Å². The van der Waals surface area contributed by atoms with Crippen LogP contribution in [-0.2, 0) is 9.53 Å². The third-order valence-corrected chi connectivity index (χ3v) is 3.11. The lowest BCUT2D eigenvalue weighted by Gasteiger charge is -2.23. The summed E-state index contributed by atoms with van der Waals surface area (Å²) >= 11 is 0. The molecule has 0 aromatic heterocycles. The van der Waals surface area contributed by atoms with E-state index >= 15 is 0 Å². The fourth-order valence-corrected chi connectivity index (χ4v) is 1.77. The second-order valence-corrected chi connectivity index (χ2v) is 4.66. The van der Waals surface area contributed by atoms with Gasteiger partial charge in [-0.1, -0.05) is 33.1 Å². The molecule has 0 heterocycles. The minimum absolute atomic E-state index is 0.0846. The van der Waals surface area contributed by atoms with E-state index in [1.165, 1.54) is 32.8 Å². The average molecular weight is 229 g/mol. The first-order valence-electron chi connectivity index (χ1n) is 6.36. The van der Waals surface area contributed by atoms with Crippen LogP contribution < -0.4 is 5.32 Å². The maximum Gasteiger partial charge on any atom is 0.309 e. The van der Waals surface area contributed by atoms with Crippen molar-refractivity contribution in [2.75, 3.05) is 7.11 Å². The topological polar surface area (TPSA) is 38.3 Å². The van der Waals surface area contributed by atoms with Crippen molar-refractivity contribution in [3.63, 3.8) is 0 Å². The lowest BCUT2D eigenvalue weighted by molar-refractivity contribution is -0.145. The quantitative estimate of drug-likeness (QED) is 0.514. The Morgan fingerprint density at radius 3 is 2.38 bits per heavy atom. The van der Waals surface area contributed by atoms with Crippen molar-refractivity contribution in [3.05, 3.63) is 0 Å². The second-order valence-electron chi connectivity index (χ2n) is 4.66. The van der Waals surface area contributed by atoms with Crippen LogP contribution in [0, 0.1) is 5.92 Å². The molecule has 3 nitrogen and oxygen atoms in total. The second kappa shape index (κ2) is 8.57. The summed E-state index contributed by atoms with van der Waals surface area (Å²) in [4.78, 5) is 11.3. The smallest absolute Gasteiger partial charge is 0.309 e. The third kappa shape index (κ3) is 6.11. The Bertz CT molecular complexity index is 194. The maximum atomic E-state index is 11.3. The number of esters is 1. The van der Waals surface area contributed by atoms with Gasteiger partial charge in [0.25, 0.3) is 0 Å². The molecule has 0 aliphatic carbocycles. The Labute approximate surface area is 99.9 Å². The summed E-state index contributed by atoms with van der Waals surface area (Å²) in [5.41, 5.74) is 0. The lowest BCUT2D eigenvalue weighted by atomic mass is 10.0. The van der Waals surface area contributed by atoms with Gasteiger partial charge < -0.3 is 10.1 Å². The first-order chi connectivity index (χ1) is 7.52. The molecule has 0 fully saturated rings. The summed E-state index contributed by atoms with van der Waals surface area (Å²) < 4.78 is 4.73. The van der Waals surface area contributed by atoms with Gasteiger partial charge in [0, 0.05) is 12.1 Å². The molecule has 3 heteroatoms. The van der Waals surface area contributed by atoms with Crippen molar-refractivity contribution in [1.29, 1.82) is 0 Å². The fourth-order valence-electron chi connectivity index (χ4n) is 1.77. The number of hydrogen-bond acceptors (Lipinski definition) is 3. The summed E-state index contributed by atoms with van der Waals surface area (Å²) in [6, 6.07) is 0.637. The van der Waals surface area contributed by atoms with Crippen LogP contribution >= 0.6 is 0 Å². The molecule has 0 aromatic carbocycles. The van der Waals surface area contributed by atoms with Gasteiger partial charge in [-0.2, -0.15) is 0 Å². The van der Waals surface area contributed by atoms with E-state index in [0.717, 1.165) is 0 Å². The molecule has 0 radical (unpaired) electrons. The third-order valence-electron chi connectivity index (χ3n) is 3.11. The van der Waals surface area contributed by atoms with E-state index in [4.69, 9.17) is 4.74 Å². The molecule has 16 heavy (non-hydrogen) atoms. The van der Waals surface area contributed by atoms with Gasteiger partial charge in [0.05, 0.1) is 13.0 Å². The molecule has 0 rings (SSSR count). The predicted molar refractivity (Wildman–Crippen MR) is 67.4 cm³/mol. The molecule has 0 amide bonds. The van der Waals surface area contributed by atoms with Crippen molar-refractivity contribution in [1.82, 2.24) is 5.32 Å². The van der Waals surface area contributed by atoms with Crippen molar-refractivity contribution < 1.29 is 9.53 Å². The van der Waals surface area contributed by atoms with E-state index in [0.29, 0.717) is 6.04 Å². The summed E-state index contributed by atoms with van der Waals surface area (Å²) in [6.45, 7) is 8.33. The molecule has 0 aromatic rings. The molecule has 0 spiro atoms. The van der Waals surface area contributed by atoms with Crippen molar-refractivity contribution >= 4 is 5.97 Å². The number of methoxy groups -OCH3 is 1. The molecule has 0 aliphatic rings. The molecule has 0 saturated carbocycles. The van der Waals surface area contributed by atoms with Gasteiger partial charge in [-0.05, 0) is 20.3 Å². The first-order valence-corrected chi connectivity index (χ1v) is 6.36. The monoisotopic (exact) mass is 229 g/mol.